The molecule has 2 saturated heterocycles. The highest BCUT2D eigenvalue weighted by Gasteiger charge is 2.38. The van der Waals surface area contributed by atoms with E-state index in [1.807, 2.05) is 6.92 Å². The molecule has 4 heteroatoms. The summed E-state index contributed by atoms with van der Waals surface area (Å²) in [7, 11) is 0. The molecule has 0 aliphatic carbocycles. The molecule has 2 heterocycles. The van der Waals surface area contributed by atoms with Gasteiger partial charge in [-0.1, -0.05) is 6.07 Å². The minimum atomic E-state index is -0.427. The molecular weight excluding hydrogens is 270 g/mol. The monoisotopic (exact) mass is 294 g/mol. The second-order valence-electron chi connectivity index (χ2n) is 6.67. The Bertz CT molecular complexity index is 472. The van der Waals surface area contributed by atoms with E-state index in [2.05, 4.69) is 10.2 Å². The molecule has 116 valence electrons. The van der Waals surface area contributed by atoms with Gasteiger partial charge in [-0.05, 0) is 63.2 Å². The minimum absolute atomic E-state index is 0.203. The van der Waals surface area contributed by atoms with Crippen LogP contribution in [0.1, 0.15) is 44.2 Å². The van der Waals surface area contributed by atoms with Crippen molar-refractivity contribution in [3.63, 3.8) is 0 Å². The minimum Gasteiger partial charge on any atom is -0.316 e. The van der Waals surface area contributed by atoms with Crippen LogP contribution >= 0.6 is 0 Å². The van der Waals surface area contributed by atoms with E-state index in [0.717, 1.165) is 32.6 Å². The second kappa shape index (κ2) is 6.01. The Hall–Kier alpha value is -1.00. The summed E-state index contributed by atoms with van der Waals surface area (Å²) in [5.74, 6) is -0.854. The highest BCUT2D eigenvalue weighted by molar-refractivity contribution is 5.23. The molecule has 1 spiro atoms. The van der Waals surface area contributed by atoms with Crippen LogP contribution in [0.4, 0.5) is 8.78 Å². The SMILES string of the molecule is CC(c1c(F)cccc1F)N1CCCC2(CCCNC2)C1. The van der Waals surface area contributed by atoms with Crippen molar-refractivity contribution in [1.29, 1.82) is 0 Å². The lowest BCUT2D eigenvalue weighted by Gasteiger charge is -2.47. The number of nitrogens with one attached hydrogen (secondary N) is 1. The number of hydrogen-bond donors (Lipinski definition) is 1. The van der Waals surface area contributed by atoms with Gasteiger partial charge in [0, 0.05) is 24.7 Å². The van der Waals surface area contributed by atoms with Gasteiger partial charge in [-0.15, -0.1) is 0 Å². The molecule has 1 aromatic carbocycles. The molecule has 2 aliphatic heterocycles. The molecular formula is C17H24F2N2. The molecule has 0 amide bonds. The van der Waals surface area contributed by atoms with E-state index >= 15 is 0 Å². The largest absolute Gasteiger partial charge is 0.316 e. The van der Waals surface area contributed by atoms with Gasteiger partial charge in [0.25, 0.3) is 0 Å². The summed E-state index contributed by atoms with van der Waals surface area (Å²) < 4.78 is 28.0. The van der Waals surface area contributed by atoms with Crippen molar-refractivity contribution in [2.75, 3.05) is 26.2 Å². The third kappa shape index (κ3) is 2.97. The number of hydrogen-bond acceptors (Lipinski definition) is 2. The number of halogens is 2. The van der Waals surface area contributed by atoms with Gasteiger partial charge in [0.05, 0.1) is 0 Å². The van der Waals surface area contributed by atoms with Gasteiger partial charge < -0.3 is 5.32 Å². The zero-order valence-corrected chi connectivity index (χ0v) is 12.7. The van der Waals surface area contributed by atoms with Crippen molar-refractivity contribution < 1.29 is 8.78 Å². The maximum Gasteiger partial charge on any atom is 0.130 e. The molecule has 0 radical (unpaired) electrons. The van der Waals surface area contributed by atoms with Crippen LogP contribution in [-0.4, -0.2) is 31.1 Å². The standard InChI is InChI=1S/C17H24F2N2/c1-13(16-14(18)5-2-6-15(16)19)21-10-4-8-17(12-21)7-3-9-20-11-17/h2,5-6,13,20H,3-4,7-12H2,1H3. The number of nitrogens with zero attached hydrogens (tertiary/aromatic N) is 1. The van der Waals surface area contributed by atoms with Gasteiger partial charge in [-0.2, -0.15) is 0 Å². The summed E-state index contributed by atoms with van der Waals surface area (Å²) in [6.07, 6.45) is 4.77. The lowest BCUT2D eigenvalue weighted by molar-refractivity contribution is 0.0397. The topological polar surface area (TPSA) is 15.3 Å². The molecule has 1 N–H and O–H groups in total. The van der Waals surface area contributed by atoms with Crippen molar-refractivity contribution in [3.8, 4) is 0 Å². The average molecular weight is 294 g/mol. The van der Waals surface area contributed by atoms with E-state index in [1.165, 1.54) is 37.5 Å². The number of piperidine rings is 2. The van der Waals surface area contributed by atoms with Gasteiger partial charge in [0.1, 0.15) is 11.6 Å². The highest BCUT2D eigenvalue weighted by Crippen LogP contribution is 2.39. The molecule has 2 unspecified atom stereocenters. The Morgan fingerprint density at radius 1 is 1.19 bits per heavy atom. The lowest BCUT2D eigenvalue weighted by Crippen LogP contribution is -2.51. The summed E-state index contributed by atoms with van der Waals surface area (Å²) in [6.45, 7) is 5.93. The van der Waals surface area contributed by atoms with E-state index < -0.39 is 11.6 Å². The molecule has 0 bridgehead atoms. The van der Waals surface area contributed by atoms with Crippen molar-refractivity contribution in [1.82, 2.24) is 10.2 Å². The molecule has 0 saturated carbocycles. The van der Waals surface area contributed by atoms with Crippen LogP contribution in [0.3, 0.4) is 0 Å². The summed E-state index contributed by atoms with van der Waals surface area (Å²) >= 11 is 0. The van der Waals surface area contributed by atoms with Gasteiger partial charge in [-0.25, -0.2) is 8.78 Å². The third-order valence-electron chi connectivity index (χ3n) is 5.22. The van der Waals surface area contributed by atoms with Crippen LogP contribution in [0.5, 0.6) is 0 Å². The molecule has 21 heavy (non-hydrogen) atoms. The first-order valence-corrected chi connectivity index (χ1v) is 8.00. The first-order chi connectivity index (χ1) is 10.1. The number of benzene rings is 1. The zero-order chi connectivity index (χ0) is 14.9. The van der Waals surface area contributed by atoms with Crippen LogP contribution in [0.25, 0.3) is 0 Å². The zero-order valence-electron chi connectivity index (χ0n) is 12.7. The van der Waals surface area contributed by atoms with Gasteiger partial charge in [0.15, 0.2) is 0 Å². The van der Waals surface area contributed by atoms with Crippen molar-refractivity contribution >= 4 is 0 Å². The van der Waals surface area contributed by atoms with E-state index in [4.69, 9.17) is 0 Å². The van der Waals surface area contributed by atoms with Gasteiger partial charge >= 0.3 is 0 Å². The summed E-state index contributed by atoms with van der Waals surface area (Å²) in [4.78, 5) is 2.26. The van der Waals surface area contributed by atoms with Gasteiger partial charge in [0.2, 0.25) is 0 Å². The molecule has 3 rings (SSSR count). The fraction of sp³-hybridized carbons (Fsp3) is 0.647. The lowest BCUT2D eigenvalue weighted by atomic mass is 9.74. The highest BCUT2D eigenvalue weighted by atomic mass is 19.1. The van der Waals surface area contributed by atoms with Crippen molar-refractivity contribution in [3.05, 3.63) is 35.4 Å². The number of rotatable bonds is 2. The van der Waals surface area contributed by atoms with Crippen molar-refractivity contribution in [2.24, 2.45) is 5.41 Å². The number of likely N-dealkylation sites (tertiary alicyclic amines) is 1. The van der Waals surface area contributed by atoms with Crippen LogP contribution in [-0.2, 0) is 0 Å². The smallest absolute Gasteiger partial charge is 0.130 e. The Labute approximate surface area is 125 Å². The van der Waals surface area contributed by atoms with E-state index in [1.54, 1.807) is 0 Å². The Morgan fingerprint density at radius 2 is 1.90 bits per heavy atom. The Morgan fingerprint density at radius 3 is 2.57 bits per heavy atom. The van der Waals surface area contributed by atoms with E-state index in [9.17, 15) is 8.78 Å². The van der Waals surface area contributed by atoms with Crippen LogP contribution in [0.2, 0.25) is 0 Å². The molecule has 2 aliphatic rings. The normalized spacial score (nSPS) is 28.7. The predicted octanol–water partition coefficient (Wildman–Crippen LogP) is 3.49. The predicted molar refractivity (Wildman–Crippen MR) is 80.1 cm³/mol. The van der Waals surface area contributed by atoms with Crippen LogP contribution in [0, 0.1) is 17.0 Å². The Balaban J connectivity index is 1.79. The Kier molecular flexibility index (Phi) is 4.27. The molecule has 0 aromatic heterocycles. The molecule has 2 atom stereocenters. The molecule has 2 fully saturated rings. The van der Waals surface area contributed by atoms with Crippen LogP contribution in [0.15, 0.2) is 18.2 Å². The average Bonchev–Trinajstić information content (AvgIpc) is 2.48. The first kappa shape index (κ1) is 14.9. The third-order valence-corrected chi connectivity index (χ3v) is 5.22. The summed E-state index contributed by atoms with van der Waals surface area (Å²) in [5.41, 5.74) is 0.519. The molecule has 1 aromatic rings. The first-order valence-electron chi connectivity index (χ1n) is 8.00. The van der Waals surface area contributed by atoms with Gasteiger partial charge in [-0.3, -0.25) is 4.90 Å². The fourth-order valence-electron chi connectivity index (χ4n) is 4.05. The van der Waals surface area contributed by atoms with Crippen LogP contribution < -0.4 is 5.32 Å². The maximum atomic E-state index is 14.0. The van der Waals surface area contributed by atoms with E-state index in [-0.39, 0.29) is 11.6 Å². The second-order valence-corrected chi connectivity index (χ2v) is 6.67. The summed E-state index contributed by atoms with van der Waals surface area (Å²) in [6, 6.07) is 3.95. The van der Waals surface area contributed by atoms with Crippen molar-refractivity contribution in [2.45, 2.75) is 38.6 Å². The quantitative estimate of drug-likeness (QED) is 0.898. The maximum absolute atomic E-state index is 14.0. The van der Waals surface area contributed by atoms with E-state index in [0.29, 0.717) is 5.41 Å². The summed E-state index contributed by atoms with van der Waals surface area (Å²) in [5, 5.41) is 3.49. The molecule has 2 nitrogen and oxygen atoms in total. The fourth-order valence-corrected chi connectivity index (χ4v) is 4.05.